The molecule has 0 saturated heterocycles. The molecule has 31 heavy (non-hydrogen) atoms. The molecule has 0 bridgehead atoms. The Bertz CT molecular complexity index is 1270. The molecule has 0 radical (unpaired) electrons. The Morgan fingerprint density at radius 3 is 1.84 bits per heavy atom. The van der Waals surface area contributed by atoms with E-state index in [2.05, 4.69) is 9.98 Å². The van der Waals surface area contributed by atoms with E-state index < -0.39 is 34.9 Å². The van der Waals surface area contributed by atoms with E-state index >= 15 is 0 Å². The minimum absolute atomic E-state index is 0.224. The third kappa shape index (κ3) is 4.52. The van der Waals surface area contributed by atoms with Crippen LogP contribution in [0.25, 0.3) is 0 Å². The van der Waals surface area contributed by atoms with Crippen molar-refractivity contribution in [1.29, 1.82) is 0 Å². The van der Waals surface area contributed by atoms with Gasteiger partial charge in [0.15, 0.2) is 0 Å². The lowest BCUT2D eigenvalue weighted by Crippen LogP contribution is -2.32. The maximum Gasteiger partial charge on any atom is 0.316 e. The van der Waals surface area contributed by atoms with E-state index in [1.54, 1.807) is 12.1 Å². The molecule has 1 heterocycles. The molecule has 0 unspecified atom stereocenters. The molecule has 3 rings (SSSR count). The molecule has 0 saturated carbocycles. The highest BCUT2D eigenvalue weighted by atomic mass is 32.3. The van der Waals surface area contributed by atoms with Crippen molar-refractivity contribution in [2.75, 3.05) is 0 Å². The predicted octanol–water partition coefficient (Wildman–Crippen LogP) is 3.27. The summed E-state index contributed by atoms with van der Waals surface area (Å²) in [6.45, 7) is 1.47. The zero-order valence-corrected chi connectivity index (χ0v) is 17.8. The average Bonchev–Trinajstić information content (AvgIpc) is 2.74. The standard InChI is InChI=1S/C20H17N3O6S2/c1-15-12-13-21-20(19(15)23(24)25)22-14-18(30(26,27)16-8-4-2-5-9-16)31(28,29)17-10-6-3-7-11-17/h2-14,18H,1H3. The van der Waals surface area contributed by atoms with Crippen molar-refractivity contribution in [3.05, 3.63) is 88.6 Å². The highest BCUT2D eigenvalue weighted by Crippen LogP contribution is 2.29. The van der Waals surface area contributed by atoms with Gasteiger partial charge < -0.3 is 0 Å². The van der Waals surface area contributed by atoms with Crippen LogP contribution >= 0.6 is 0 Å². The Balaban J connectivity index is 2.20. The van der Waals surface area contributed by atoms with Crippen molar-refractivity contribution in [3.63, 3.8) is 0 Å². The van der Waals surface area contributed by atoms with Crippen molar-refractivity contribution in [1.82, 2.24) is 4.98 Å². The smallest absolute Gasteiger partial charge is 0.258 e. The van der Waals surface area contributed by atoms with Gasteiger partial charge >= 0.3 is 5.69 Å². The van der Waals surface area contributed by atoms with E-state index in [4.69, 9.17) is 0 Å². The van der Waals surface area contributed by atoms with Crippen LogP contribution in [0.15, 0.2) is 87.7 Å². The monoisotopic (exact) mass is 459 g/mol. The van der Waals surface area contributed by atoms with Crippen LogP contribution in [0.4, 0.5) is 11.5 Å². The van der Waals surface area contributed by atoms with E-state index in [1.165, 1.54) is 67.7 Å². The van der Waals surface area contributed by atoms with Gasteiger partial charge in [0.2, 0.25) is 30.1 Å². The molecule has 0 aliphatic carbocycles. The molecule has 2 aromatic carbocycles. The van der Waals surface area contributed by atoms with E-state index in [-0.39, 0.29) is 21.2 Å². The highest BCUT2D eigenvalue weighted by molar-refractivity contribution is 8.10. The number of hydrogen-bond acceptors (Lipinski definition) is 8. The van der Waals surface area contributed by atoms with Gasteiger partial charge in [0.25, 0.3) is 0 Å². The number of rotatable bonds is 7. The summed E-state index contributed by atoms with van der Waals surface area (Å²) in [6.07, 6.45) is 1.95. The minimum atomic E-state index is -4.46. The maximum atomic E-state index is 13.2. The topological polar surface area (TPSA) is 137 Å². The second kappa shape index (κ2) is 8.74. The van der Waals surface area contributed by atoms with E-state index in [9.17, 15) is 26.9 Å². The van der Waals surface area contributed by atoms with Crippen molar-refractivity contribution >= 4 is 37.4 Å². The summed E-state index contributed by atoms with van der Waals surface area (Å²) in [6, 6.07) is 15.5. The van der Waals surface area contributed by atoms with Gasteiger partial charge in [0.1, 0.15) is 0 Å². The molecule has 1 aromatic heterocycles. The van der Waals surface area contributed by atoms with Crippen molar-refractivity contribution in [2.45, 2.75) is 21.3 Å². The number of benzene rings is 2. The molecule has 0 spiro atoms. The molecular weight excluding hydrogens is 442 g/mol. The Kier molecular flexibility index (Phi) is 6.27. The lowest BCUT2D eigenvalue weighted by molar-refractivity contribution is -0.384. The van der Waals surface area contributed by atoms with Gasteiger partial charge in [-0.05, 0) is 37.3 Å². The fraction of sp³-hybridized carbons (Fsp3) is 0.100. The lowest BCUT2D eigenvalue weighted by Gasteiger charge is -2.15. The minimum Gasteiger partial charge on any atom is -0.258 e. The SMILES string of the molecule is Cc1ccnc(N=CC(S(=O)(=O)c2ccccc2)S(=O)(=O)c2ccccc2)c1[N+](=O)[O-]. The number of aromatic nitrogens is 1. The summed E-state index contributed by atoms with van der Waals surface area (Å²) in [7, 11) is -8.91. The summed E-state index contributed by atoms with van der Waals surface area (Å²) in [5.74, 6) is -0.387. The van der Waals surface area contributed by atoms with Gasteiger partial charge in [0, 0.05) is 18.0 Å². The summed E-state index contributed by atoms with van der Waals surface area (Å²) < 4.78 is 50.8. The molecule has 9 nitrogen and oxygen atoms in total. The zero-order valence-electron chi connectivity index (χ0n) is 16.2. The molecule has 0 fully saturated rings. The number of sulfone groups is 2. The highest BCUT2D eigenvalue weighted by Gasteiger charge is 2.39. The first-order valence-electron chi connectivity index (χ1n) is 8.88. The Labute approximate surface area is 179 Å². The molecule has 0 aliphatic heterocycles. The number of nitro groups is 1. The van der Waals surface area contributed by atoms with Gasteiger partial charge in [-0.1, -0.05) is 36.4 Å². The van der Waals surface area contributed by atoms with Gasteiger partial charge in [-0.15, -0.1) is 0 Å². The summed E-state index contributed by atoms with van der Waals surface area (Å²) in [5.41, 5.74) is -0.188. The van der Waals surface area contributed by atoms with Crippen LogP contribution in [0.1, 0.15) is 5.56 Å². The maximum absolute atomic E-state index is 13.2. The number of hydrogen-bond donors (Lipinski definition) is 0. The molecule has 0 amide bonds. The average molecular weight is 460 g/mol. The van der Waals surface area contributed by atoms with Crippen molar-refractivity contribution in [3.8, 4) is 0 Å². The van der Waals surface area contributed by atoms with E-state index in [0.717, 1.165) is 0 Å². The van der Waals surface area contributed by atoms with Crippen molar-refractivity contribution in [2.24, 2.45) is 4.99 Å². The van der Waals surface area contributed by atoms with E-state index in [0.29, 0.717) is 6.21 Å². The molecule has 11 heteroatoms. The number of pyridine rings is 1. The second-order valence-electron chi connectivity index (χ2n) is 6.42. The van der Waals surface area contributed by atoms with Crippen LogP contribution in [0, 0.1) is 17.0 Å². The number of aliphatic imine (C=N–C) groups is 1. The molecule has 3 aromatic rings. The third-order valence-corrected chi connectivity index (χ3v) is 9.21. The fourth-order valence-corrected chi connectivity index (χ4v) is 6.86. The molecular formula is C20H17N3O6S2. The van der Waals surface area contributed by atoms with Gasteiger partial charge in [-0.3, -0.25) is 10.1 Å². The normalized spacial score (nSPS) is 12.3. The first kappa shape index (κ1) is 22.2. The Morgan fingerprint density at radius 2 is 1.39 bits per heavy atom. The lowest BCUT2D eigenvalue weighted by atomic mass is 10.2. The van der Waals surface area contributed by atoms with Crippen LogP contribution < -0.4 is 0 Å². The van der Waals surface area contributed by atoms with Crippen molar-refractivity contribution < 1.29 is 21.8 Å². The molecule has 0 aliphatic rings. The van der Waals surface area contributed by atoms with Gasteiger partial charge in [0.05, 0.1) is 14.7 Å². The third-order valence-electron chi connectivity index (χ3n) is 4.36. The first-order valence-corrected chi connectivity index (χ1v) is 12.0. The molecule has 0 N–H and O–H groups in total. The van der Waals surface area contributed by atoms with Gasteiger partial charge in [-0.2, -0.15) is 0 Å². The molecule has 160 valence electrons. The Hall–Kier alpha value is -3.44. The van der Waals surface area contributed by atoms with Crippen LogP contribution in [0.5, 0.6) is 0 Å². The summed E-state index contributed by atoms with van der Waals surface area (Å²) in [5, 5.41) is 11.4. The zero-order chi connectivity index (χ0) is 22.6. The number of nitrogens with zero attached hydrogens (tertiary/aromatic N) is 3. The summed E-state index contributed by atoms with van der Waals surface area (Å²) >= 11 is 0. The quantitative estimate of drug-likeness (QED) is 0.300. The van der Waals surface area contributed by atoms with Crippen LogP contribution in [0.3, 0.4) is 0 Å². The summed E-state index contributed by atoms with van der Waals surface area (Å²) in [4.78, 5) is 17.9. The van der Waals surface area contributed by atoms with E-state index in [1.807, 2.05) is 0 Å². The number of aryl methyl sites for hydroxylation is 1. The molecule has 0 atom stereocenters. The largest absolute Gasteiger partial charge is 0.316 e. The van der Waals surface area contributed by atoms with Crippen LogP contribution in [-0.2, 0) is 19.7 Å². The fourth-order valence-electron chi connectivity index (χ4n) is 2.80. The van der Waals surface area contributed by atoms with Crippen LogP contribution in [0.2, 0.25) is 0 Å². The second-order valence-corrected chi connectivity index (χ2v) is 10.9. The van der Waals surface area contributed by atoms with Gasteiger partial charge in [-0.25, -0.2) is 26.8 Å². The Morgan fingerprint density at radius 1 is 0.903 bits per heavy atom. The first-order chi connectivity index (χ1) is 14.7. The predicted molar refractivity (Wildman–Crippen MR) is 115 cm³/mol. The van der Waals surface area contributed by atoms with Crippen LogP contribution in [-0.4, -0.2) is 37.5 Å².